The Morgan fingerprint density at radius 1 is 1.25 bits per heavy atom. The molecule has 16 heavy (non-hydrogen) atoms. The lowest BCUT2D eigenvalue weighted by Gasteiger charge is -2.31. The highest BCUT2D eigenvalue weighted by atomic mass is 16.5. The number of ether oxygens (including phenoxy) is 1. The molecule has 0 unspecified atom stereocenters. The molecular formula is C12H20O4. The van der Waals surface area contributed by atoms with E-state index in [1.807, 2.05) is 0 Å². The molecule has 0 aromatic heterocycles. The summed E-state index contributed by atoms with van der Waals surface area (Å²) < 4.78 is 4.69. The van der Waals surface area contributed by atoms with Crippen molar-refractivity contribution in [3.63, 3.8) is 0 Å². The molecule has 0 amide bonds. The quantitative estimate of drug-likeness (QED) is 0.573. The lowest BCUT2D eigenvalue weighted by molar-refractivity contribution is -0.146. The Bertz CT molecular complexity index is 254. The molecule has 4 heteroatoms. The Kier molecular flexibility index (Phi) is 4.93. The second-order valence-corrected chi connectivity index (χ2v) is 4.48. The zero-order chi connectivity index (χ0) is 12.0. The third-order valence-corrected chi connectivity index (χ3v) is 2.96. The monoisotopic (exact) mass is 228 g/mol. The van der Waals surface area contributed by atoms with Crippen molar-refractivity contribution in [1.82, 2.24) is 0 Å². The molecule has 0 radical (unpaired) electrons. The Hall–Kier alpha value is -0.900. The maximum Gasteiger partial charge on any atom is 0.313 e. The number of ketones is 1. The molecule has 1 fully saturated rings. The Labute approximate surface area is 96.0 Å². The minimum atomic E-state index is -0.873. The molecule has 0 heterocycles. The Morgan fingerprint density at radius 3 is 2.44 bits per heavy atom. The maximum absolute atomic E-state index is 11.5. The third-order valence-electron chi connectivity index (χ3n) is 2.96. The number of carbonyl (C=O) groups excluding carboxylic acids is 2. The van der Waals surface area contributed by atoms with Gasteiger partial charge in [-0.2, -0.15) is 0 Å². The van der Waals surface area contributed by atoms with Crippen LogP contribution < -0.4 is 0 Å². The van der Waals surface area contributed by atoms with Crippen molar-refractivity contribution in [2.75, 3.05) is 6.61 Å². The molecule has 0 bridgehead atoms. The first-order chi connectivity index (χ1) is 7.56. The van der Waals surface area contributed by atoms with Crippen molar-refractivity contribution in [1.29, 1.82) is 0 Å². The smallest absolute Gasteiger partial charge is 0.313 e. The lowest BCUT2D eigenvalue weighted by Crippen LogP contribution is -2.34. The van der Waals surface area contributed by atoms with Crippen LogP contribution >= 0.6 is 0 Å². The van der Waals surface area contributed by atoms with Gasteiger partial charge in [-0.3, -0.25) is 9.59 Å². The van der Waals surface area contributed by atoms with Gasteiger partial charge in [0.25, 0.3) is 0 Å². The minimum absolute atomic E-state index is 0.0891. The van der Waals surface area contributed by atoms with Crippen LogP contribution in [0.25, 0.3) is 0 Å². The molecule has 1 rings (SSSR count). The zero-order valence-corrected chi connectivity index (χ0v) is 9.83. The normalized spacial score (nSPS) is 19.1. The van der Waals surface area contributed by atoms with E-state index in [1.54, 1.807) is 6.92 Å². The van der Waals surface area contributed by atoms with Crippen molar-refractivity contribution in [3.05, 3.63) is 0 Å². The maximum atomic E-state index is 11.5. The van der Waals surface area contributed by atoms with Gasteiger partial charge in [0.05, 0.1) is 12.2 Å². The highest BCUT2D eigenvalue weighted by Crippen LogP contribution is 2.31. The average Bonchev–Trinajstić information content (AvgIpc) is 2.17. The summed E-state index contributed by atoms with van der Waals surface area (Å²) in [5, 5.41) is 10.1. The van der Waals surface area contributed by atoms with Gasteiger partial charge >= 0.3 is 5.97 Å². The molecule has 92 valence electrons. The van der Waals surface area contributed by atoms with Gasteiger partial charge in [0.2, 0.25) is 0 Å². The van der Waals surface area contributed by atoms with E-state index in [-0.39, 0.29) is 25.2 Å². The molecule has 1 N–H and O–H groups in total. The van der Waals surface area contributed by atoms with Crippen LogP contribution in [-0.4, -0.2) is 29.1 Å². The summed E-state index contributed by atoms with van der Waals surface area (Å²) >= 11 is 0. The average molecular weight is 228 g/mol. The first kappa shape index (κ1) is 13.2. The predicted molar refractivity (Wildman–Crippen MR) is 58.9 cm³/mol. The molecule has 0 aromatic rings. The summed E-state index contributed by atoms with van der Waals surface area (Å²) in [4.78, 5) is 22.6. The van der Waals surface area contributed by atoms with Crippen LogP contribution in [-0.2, 0) is 14.3 Å². The molecule has 1 aliphatic carbocycles. The fourth-order valence-corrected chi connectivity index (χ4v) is 2.19. The minimum Gasteiger partial charge on any atom is -0.466 e. The Morgan fingerprint density at radius 2 is 1.88 bits per heavy atom. The van der Waals surface area contributed by atoms with Crippen LogP contribution in [0, 0.1) is 0 Å². The topological polar surface area (TPSA) is 63.6 Å². The summed E-state index contributed by atoms with van der Waals surface area (Å²) in [6.45, 7) is 1.99. The van der Waals surface area contributed by atoms with Gasteiger partial charge in [-0.15, -0.1) is 0 Å². The SMILES string of the molecule is CCOC(=O)CC(=O)CC1(O)CCCCC1. The van der Waals surface area contributed by atoms with E-state index in [0.29, 0.717) is 12.8 Å². The second kappa shape index (κ2) is 5.99. The number of hydrogen-bond donors (Lipinski definition) is 1. The van der Waals surface area contributed by atoms with Gasteiger partial charge in [0.1, 0.15) is 12.2 Å². The molecule has 0 aliphatic heterocycles. The van der Waals surface area contributed by atoms with Crippen LogP contribution in [0.1, 0.15) is 51.9 Å². The third kappa shape index (κ3) is 4.31. The van der Waals surface area contributed by atoms with Crippen molar-refractivity contribution in [3.8, 4) is 0 Å². The van der Waals surface area contributed by atoms with E-state index in [2.05, 4.69) is 0 Å². The molecule has 1 saturated carbocycles. The van der Waals surface area contributed by atoms with E-state index in [4.69, 9.17) is 4.74 Å². The molecule has 4 nitrogen and oxygen atoms in total. The number of esters is 1. The number of hydrogen-bond acceptors (Lipinski definition) is 4. The molecule has 0 aromatic carbocycles. The first-order valence-corrected chi connectivity index (χ1v) is 5.95. The van der Waals surface area contributed by atoms with E-state index >= 15 is 0 Å². The highest BCUT2D eigenvalue weighted by Gasteiger charge is 2.32. The molecule has 0 atom stereocenters. The number of aliphatic hydroxyl groups is 1. The highest BCUT2D eigenvalue weighted by molar-refractivity contribution is 5.95. The van der Waals surface area contributed by atoms with Gasteiger partial charge in [-0.1, -0.05) is 19.3 Å². The molecular weight excluding hydrogens is 208 g/mol. The zero-order valence-electron chi connectivity index (χ0n) is 9.83. The molecule has 1 aliphatic rings. The van der Waals surface area contributed by atoms with Crippen molar-refractivity contribution in [2.45, 2.75) is 57.5 Å². The number of rotatable bonds is 5. The summed E-state index contributed by atoms with van der Waals surface area (Å²) in [7, 11) is 0. The Balaban J connectivity index is 2.35. The summed E-state index contributed by atoms with van der Waals surface area (Å²) in [5.74, 6) is -0.713. The van der Waals surface area contributed by atoms with E-state index in [0.717, 1.165) is 19.3 Å². The second-order valence-electron chi connectivity index (χ2n) is 4.48. The summed E-state index contributed by atoms with van der Waals surface area (Å²) in [6.07, 6.45) is 4.26. The fraction of sp³-hybridized carbons (Fsp3) is 0.833. The van der Waals surface area contributed by atoms with Crippen LogP contribution in [0.2, 0.25) is 0 Å². The van der Waals surface area contributed by atoms with Crippen LogP contribution in [0.3, 0.4) is 0 Å². The van der Waals surface area contributed by atoms with Crippen molar-refractivity contribution >= 4 is 11.8 Å². The van der Waals surface area contributed by atoms with Gasteiger partial charge in [-0.25, -0.2) is 0 Å². The van der Waals surface area contributed by atoms with Crippen LogP contribution in [0.4, 0.5) is 0 Å². The fourth-order valence-electron chi connectivity index (χ4n) is 2.19. The lowest BCUT2D eigenvalue weighted by atomic mass is 9.81. The summed E-state index contributed by atoms with van der Waals surface area (Å²) in [6, 6.07) is 0. The first-order valence-electron chi connectivity index (χ1n) is 5.95. The van der Waals surface area contributed by atoms with E-state index in [9.17, 15) is 14.7 Å². The van der Waals surface area contributed by atoms with Crippen molar-refractivity contribution < 1.29 is 19.4 Å². The number of carbonyl (C=O) groups is 2. The van der Waals surface area contributed by atoms with Gasteiger partial charge in [0.15, 0.2) is 0 Å². The molecule has 0 spiro atoms. The van der Waals surface area contributed by atoms with Crippen molar-refractivity contribution in [2.24, 2.45) is 0 Å². The van der Waals surface area contributed by atoms with Gasteiger partial charge in [0, 0.05) is 6.42 Å². The predicted octanol–water partition coefficient (Wildman–Crippen LogP) is 1.59. The van der Waals surface area contributed by atoms with Crippen LogP contribution in [0.15, 0.2) is 0 Å². The molecule has 0 saturated heterocycles. The van der Waals surface area contributed by atoms with E-state index < -0.39 is 11.6 Å². The van der Waals surface area contributed by atoms with Crippen LogP contribution in [0.5, 0.6) is 0 Å². The van der Waals surface area contributed by atoms with E-state index in [1.165, 1.54) is 0 Å². The van der Waals surface area contributed by atoms with Gasteiger partial charge in [-0.05, 0) is 19.8 Å². The largest absolute Gasteiger partial charge is 0.466 e. The van der Waals surface area contributed by atoms with Gasteiger partial charge < -0.3 is 9.84 Å². The summed E-state index contributed by atoms with van der Waals surface area (Å²) in [5.41, 5.74) is -0.873. The number of Topliss-reactive ketones (excluding diaryl/α,β-unsaturated/α-hetero) is 1. The standard InChI is InChI=1S/C12H20O4/c1-2-16-11(14)8-10(13)9-12(15)6-4-3-5-7-12/h15H,2-9H2,1H3.